The van der Waals surface area contributed by atoms with E-state index in [1.807, 2.05) is 44.2 Å². The van der Waals surface area contributed by atoms with Gasteiger partial charge in [-0.25, -0.2) is 18.1 Å². The number of fused-ring (bicyclic) bond motifs is 1. The average molecular weight is 519 g/mol. The van der Waals surface area contributed by atoms with E-state index in [-0.39, 0.29) is 6.61 Å². The van der Waals surface area contributed by atoms with E-state index >= 15 is 0 Å². The van der Waals surface area contributed by atoms with E-state index in [1.54, 1.807) is 23.5 Å². The molecule has 0 amide bonds. The number of aryl methyl sites for hydroxylation is 2. The van der Waals surface area contributed by atoms with Crippen LogP contribution in [0.25, 0.3) is 10.2 Å². The fourth-order valence-corrected chi connectivity index (χ4v) is 6.01. The van der Waals surface area contributed by atoms with E-state index in [1.165, 1.54) is 0 Å². The molecule has 3 aromatic rings. The second kappa shape index (κ2) is 11.8. The molecular weight excluding hydrogens is 484 g/mol. The molecule has 8 nitrogen and oxygen atoms in total. The van der Waals surface area contributed by atoms with Crippen molar-refractivity contribution in [2.24, 2.45) is 0 Å². The summed E-state index contributed by atoms with van der Waals surface area (Å²) in [6, 6.07) is 12.9. The maximum atomic E-state index is 12.5. The van der Waals surface area contributed by atoms with Crippen LogP contribution in [0.3, 0.4) is 0 Å². The molecule has 1 aliphatic rings. The normalized spacial score (nSPS) is 16.5. The zero-order valence-electron chi connectivity index (χ0n) is 20.3. The van der Waals surface area contributed by atoms with Crippen molar-refractivity contribution in [2.75, 3.05) is 52.4 Å². The van der Waals surface area contributed by atoms with Gasteiger partial charge in [-0.15, -0.1) is 11.3 Å². The molecule has 0 aliphatic carbocycles. The Hall–Kier alpha value is -2.08. The number of ether oxygens (including phenoxy) is 1. The minimum absolute atomic E-state index is 0.232. The van der Waals surface area contributed by atoms with Crippen molar-refractivity contribution in [3.63, 3.8) is 0 Å². The molecule has 2 aromatic carbocycles. The molecule has 1 saturated heterocycles. The molecule has 0 bridgehead atoms. The van der Waals surface area contributed by atoms with Gasteiger partial charge in [0.25, 0.3) is 0 Å². The number of nitrogens with one attached hydrogen (secondary N) is 1. The van der Waals surface area contributed by atoms with Crippen molar-refractivity contribution in [2.45, 2.75) is 31.3 Å². The first kappa shape index (κ1) is 26.0. The first-order valence-electron chi connectivity index (χ1n) is 12.0. The first-order chi connectivity index (χ1) is 16.8. The van der Waals surface area contributed by atoms with Gasteiger partial charge in [-0.2, -0.15) is 0 Å². The highest BCUT2D eigenvalue weighted by Gasteiger charge is 2.20. The summed E-state index contributed by atoms with van der Waals surface area (Å²) in [6.07, 6.45) is 0.299. The zero-order valence-corrected chi connectivity index (χ0v) is 21.9. The molecule has 0 saturated carbocycles. The summed E-state index contributed by atoms with van der Waals surface area (Å²) in [5.74, 6) is 0.718. The van der Waals surface area contributed by atoms with Gasteiger partial charge in [0.05, 0.1) is 20.1 Å². The van der Waals surface area contributed by atoms with Gasteiger partial charge in [0.15, 0.2) is 0 Å². The van der Waals surface area contributed by atoms with Crippen molar-refractivity contribution in [1.29, 1.82) is 0 Å². The molecule has 4 rings (SSSR count). The predicted octanol–water partition coefficient (Wildman–Crippen LogP) is 2.50. The number of sulfonamides is 1. The van der Waals surface area contributed by atoms with Crippen LogP contribution in [0.4, 0.5) is 0 Å². The second-order valence-electron chi connectivity index (χ2n) is 8.86. The standard InChI is InChI=1S/C25H34N4O4S2/c1-3-20-4-7-23(8-5-20)35(31,32)26-10-11-28-12-14-29(15-13-28)17-21(30)18-33-22-6-9-25-24(16-22)27-19(2)34-25/h4-9,16,21,26,30H,3,10-15,17-18H2,1-2H3. The molecule has 1 unspecified atom stereocenters. The number of rotatable bonds is 11. The van der Waals surface area contributed by atoms with Crippen LogP contribution in [-0.2, 0) is 16.4 Å². The number of aromatic nitrogens is 1. The molecule has 0 spiro atoms. The highest BCUT2D eigenvalue weighted by atomic mass is 32.2. The van der Waals surface area contributed by atoms with Crippen LogP contribution in [-0.4, -0.2) is 86.8 Å². The summed E-state index contributed by atoms with van der Waals surface area (Å²) < 4.78 is 34.6. The average Bonchev–Trinajstić information content (AvgIpc) is 3.23. The lowest BCUT2D eigenvalue weighted by Crippen LogP contribution is -2.50. The van der Waals surface area contributed by atoms with Gasteiger partial charge in [-0.05, 0) is 43.2 Å². The van der Waals surface area contributed by atoms with Crippen molar-refractivity contribution in [1.82, 2.24) is 19.5 Å². The Morgan fingerprint density at radius 3 is 2.54 bits per heavy atom. The highest BCUT2D eigenvalue weighted by molar-refractivity contribution is 7.89. The summed E-state index contributed by atoms with van der Waals surface area (Å²) in [6.45, 7) is 9.16. The van der Waals surface area contributed by atoms with E-state index in [4.69, 9.17) is 4.74 Å². The van der Waals surface area contributed by atoms with Crippen molar-refractivity contribution in [3.05, 3.63) is 53.0 Å². The number of aliphatic hydroxyl groups is 1. The van der Waals surface area contributed by atoms with Crippen molar-refractivity contribution < 1.29 is 18.3 Å². The number of hydrogen-bond donors (Lipinski definition) is 2. The Morgan fingerprint density at radius 2 is 1.83 bits per heavy atom. The van der Waals surface area contributed by atoms with E-state index < -0.39 is 16.1 Å². The van der Waals surface area contributed by atoms with Crippen molar-refractivity contribution >= 4 is 31.6 Å². The van der Waals surface area contributed by atoms with E-state index in [0.29, 0.717) is 24.5 Å². The monoisotopic (exact) mass is 518 g/mol. The van der Waals surface area contributed by atoms with Gasteiger partial charge in [0.1, 0.15) is 18.5 Å². The fraction of sp³-hybridized carbons (Fsp3) is 0.480. The lowest BCUT2D eigenvalue weighted by Gasteiger charge is -2.35. The number of thiazole rings is 1. The minimum Gasteiger partial charge on any atom is -0.491 e. The van der Waals surface area contributed by atoms with Crippen LogP contribution in [0.2, 0.25) is 0 Å². The van der Waals surface area contributed by atoms with Gasteiger partial charge in [0.2, 0.25) is 10.0 Å². The van der Waals surface area contributed by atoms with Crippen LogP contribution in [0.5, 0.6) is 5.75 Å². The molecule has 35 heavy (non-hydrogen) atoms. The maximum Gasteiger partial charge on any atom is 0.240 e. The number of aliphatic hydroxyl groups excluding tert-OH is 1. The van der Waals surface area contributed by atoms with E-state index in [2.05, 4.69) is 19.5 Å². The van der Waals surface area contributed by atoms with Gasteiger partial charge in [-0.3, -0.25) is 9.80 Å². The number of nitrogens with zero attached hydrogens (tertiary/aromatic N) is 3. The fourth-order valence-electron chi connectivity index (χ4n) is 4.18. The third kappa shape index (κ3) is 7.22. The zero-order chi connectivity index (χ0) is 24.8. The Kier molecular flexibility index (Phi) is 8.74. The highest BCUT2D eigenvalue weighted by Crippen LogP contribution is 2.25. The molecule has 190 valence electrons. The quantitative estimate of drug-likeness (QED) is 0.403. The summed E-state index contributed by atoms with van der Waals surface area (Å²) >= 11 is 1.65. The topological polar surface area (TPSA) is 95.0 Å². The Morgan fingerprint density at radius 1 is 1.11 bits per heavy atom. The lowest BCUT2D eigenvalue weighted by molar-refractivity contribution is 0.0465. The van der Waals surface area contributed by atoms with Gasteiger partial charge < -0.3 is 9.84 Å². The van der Waals surface area contributed by atoms with E-state index in [9.17, 15) is 13.5 Å². The van der Waals surface area contributed by atoms with Crippen LogP contribution in [0, 0.1) is 6.92 Å². The lowest BCUT2D eigenvalue weighted by atomic mass is 10.2. The van der Waals surface area contributed by atoms with Crippen LogP contribution >= 0.6 is 11.3 Å². The SMILES string of the molecule is CCc1ccc(S(=O)(=O)NCCN2CCN(CC(O)COc3ccc4sc(C)nc4c3)CC2)cc1. The minimum atomic E-state index is -3.49. The molecule has 2 N–H and O–H groups in total. The molecule has 10 heteroatoms. The number of piperazine rings is 1. The smallest absolute Gasteiger partial charge is 0.240 e. The second-order valence-corrected chi connectivity index (χ2v) is 11.9. The van der Waals surface area contributed by atoms with Gasteiger partial charge >= 0.3 is 0 Å². The molecule has 0 radical (unpaired) electrons. The van der Waals surface area contributed by atoms with Crippen LogP contribution in [0.1, 0.15) is 17.5 Å². The molecular formula is C25H34N4O4S2. The first-order valence-corrected chi connectivity index (χ1v) is 14.3. The molecule has 2 heterocycles. The summed E-state index contributed by atoms with van der Waals surface area (Å²) in [5, 5.41) is 11.5. The number of hydrogen-bond acceptors (Lipinski definition) is 8. The Bertz CT molecular complexity index is 1210. The third-order valence-corrected chi connectivity index (χ3v) is 8.63. The van der Waals surface area contributed by atoms with Crippen molar-refractivity contribution in [3.8, 4) is 5.75 Å². The van der Waals surface area contributed by atoms with Crippen LogP contribution < -0.4 is 9.46 Å². The molecule has 1 aliphatic heterocycles. The Labute approximate surface area is 211 Å². The van der Waals surface area contributed by atoms with Crippen LogP contribution in [0.15, 0.2) is 47.4 Å². The summed E-state index contributed by atoms with van der Waals surface area (Å²) in [5.41, 5.74) is 2.04. The predicted molar refractivity (Wildman–Crippen MR) is 140 cm³/mol. The van der Waals surface area contributed by atoms with E-state index in [0.717, 1.165) is 59.1 Å². The van der Waals surface area contributed by atoms with Gasteiger partial charge in [0, 0.05) is 51.9 Å². The largest absolute Gasteiger partial charge is 0.491 e. The summed E-state index contributed by atoms with van der Waals surface area (Å²) in [4.78, 5) is 9.25. The maximum absolute atomic E-state index is 12.5. The number of β-amino-alcohol motifs (C(OH)–C–C–N with tert-alkyl or cyclic N) is 1. The third-order valence-electron chi connectivity index (χ3n) is 6.20. The molecule has 1 fully saturated rings. The summed E-state index contributed by atoms with van der Waals surface area (Å²) in [7, 11) is -3.49. The molecule has 1 aromatic heterocycles. The van der Waals surface area contributed by atoms with Gasteiger partial charge in [-0.1, -0.05) is 19.1 Å². The Balaban J connectivity index is 1.14. The molecule has 1 atom stereocenters. The number of benzene rings is 2.